The molecule has 0 radical (unpaired) electrons. The van der Waals surface area contributed by atoms with Crippen molar-refractivity contribution in [3.05, 3.63) is 35.1 Å². The summed E-state index contributed by atoms with van der Waals surface area (Å²) in [5, 5.41) is 10.9. The first-order valence-electron chi connectivity index (χ1n) is 9.71. The second-order valence-electron chi connectivity index (χ2n) is 7.99. The van der Waals surface area contributed by atoms with E-state index >= 15 is 0 Å². The van der Waals surface area contributed by atoms with Gasteiger partial charge in [0.25, 0.3) is 5.92 Å². The number of carbonyl (C=O) groups is 2. The topological polar surface area (TPSA) is 82.8 Å². The van der Waals surface area contributed by atoms with Crippen LogP contribution in [0.3, 0.4) is 0 Å². The number of fused-ring (bicyclic) bond motifs is 1. The van der Waals surface area contributed by atoms with Gasteiger partial charge in [0.15, 0.2) is 0 Å². The van der Waals surface area contributed by atoms with Crippen molar-refractivity contribution in [1.82, 2.24) is 10.2 Å². The zero-order valence-corrected chi connectivity index (χ0v) is 16.1. The lowest BCUT2D eigenvalue weighted by molar-refractivity contribution is -0.138. The van der Waals surface area contributed by atoms with Crippen LogP contribution in [0.1, 0.15) is 42.1 Å². The van der Waals surface area contributed by atoms with Gasteiger partial charge in [-0.15, -0.1) is 0 Å². The number of carbonyl (C=O) groups excluding carboxylic acids is 1. The number of amides is 2. The van der Waals surface area contributed by atoms with Gasteiger partial charge in [0.05, 0.1) is 12.1 Å². The SMILES string of the molecule is O=C(O)NCc1cc2cc(C3CC3C(=O)N3CCC(F)(F)CC3)cc(C(F)(F)F)c2o1. The van der Waals surface area contributed by atoms with Gasteiger partial charge in [-0.3, -0.25) is 4.79 Å². The summed E-state index contributed by atoms with van der Waals surface area (Å²) in [6, 6.07) is 3.78. The molecule has 2 atom stereocenters. The zero-order valence-electron chi connectivity index (χ0n) is 16.1. The number of carboxylic acid groups (broad SMARTS) is 1. The second kappa shape index (κ2) is 7.38. The van der Waals surface area contributed by atoms with Gasteiger partial charge in [-0.1, -0.05) is 0 Å². The number of piperidine rings is 1. The molecule has 6 nitrogen and oxygen atoms in total. The molecule has 31 heavy (non-hydrogen) atoms. The minimum absolute atomic E-state index is 0.0257. The molecular formula is C20H19F5N2O4. The molecule has 0 spiro atoms. The van der Waals surface area contributed by atoms with Crippen molar-refractivity contribution in [3.8, 4) is 0 Å². The smallest absolute Gasteiger partial charge is 0.420 e. The Labute approximate surface area is 173 Å². The van der Waals surface area contributed by atoms with E-state index in [-0.39, 0.29) is 36.7 Å². The van der Waals surface area contributed by atoms with Crippen molar-refractivity contribution in [1.29, 1.82) is 0 Å². The van der Waals surface area contributed by atoms with Gasteiger partial charge in [0.1, 0.15) is 11.3 Å². The van der Waals surface area contributed by atoms with Crippen molar-refractivity contribution >= 4 is 23.0 Å². The first kappa shape index (κ1) is 21.4. The van der Waals surface area contributed by atoms with Crippen LogP contribution in [0.2, 0.25) is 0 Å². The van der Waals surface area contributed by atoms with Crippen LogP contribution in [0.4, 0.5) is 26.7 Å². The Morgan fingerprint density at radius 3 is 2.48 bits per heavy atom. The second-order valence-corrected chi connectivity index (χ2v) is 7.99. The van der Waals surface area contributed by atoms with Crippen LogP contribution in [0.5, 0.6) is 0 Å². The molecule has 2 unspecified atom stereocenters. The van der Waals surface area contributed by atoms with Gasteiger partial charge in [-0.05, 0) is 36.1 Å². The molecule has 1 aromatic carbocycles. The van der Waals surface area contributed by atoms with Crippen LogP contribution in [0, 0.1) is 5.92 Å². The highest BCUT2D eigenvalue weighted by molar-refractivity contribution is 5.86. The van der Waals surface area contributed by atoms with E-state index < -0.39 is 54.0 Å². The maximum absolute atomic E-state index is 13.6. The Bertz CT molecular complexity index is 1020. The molecule has 2 aliphatic rings. The standard InChI is InChI=1S/C20H19F5N2O4/c21-19(22)1-3-27(4-2-19)17(28)14-8-13(14)10-5-11-6-12(9-26-18(29)30)31-16(11)15(7-10)20(23,24)25/h5-7,13-14,26H,1-4,8-9H2,(H,29,30). The Kier molecular flexibility index (Phi) is 5.09. The number of likely N-dealkylation sites (tertiary alicyclic amines) is 1. The predicted molar refractivity (Wildman–Crippen MR) is 97.7 cm³/mol. The van der Waals surface area contributed by atoms with Gasteiger partial charge in [-0.2, -0.15) is 13.2 Å². The third kappa shape index (κ3) is 4.45. The van der Waals surface area contributed by atoms with Gasteiger partial charge < -0.3 is 19.7 Å². The number of nitrogens with zero attached hydrogens (tertiary/aromatic N) is 1. The molecule has 2 N–H and O–H groups in total. The molecule has 1 aromatic heterocycles. The highest BCUT2D eigenvalue weighted by Crippen LogP contribution is 2.51. The molecule has 1 saturated carbocycles. The molecule has 2 aromatic rings. The lowest BCUT2D eigenvalue weighted by Gasteiger charge is -2.32. The molecule has 2 fully saturated rings. The van der Waals surface area contributed by atoms with Gasteiger partial charge in [0.2, 0.25) is 5.91 Å². The van der Waals surface area contributed by atoms with Crippen LogP contribution < -0.4 is 5.32 Å². The fourth-order valence-electron chi connectivity index (χ4n) is 4.03. The highest BCUT2D eigenvalue weighted by atomic mass is 19.4. The van der Waals surface area contributed by atoms with Gasteiger partial charge in [-0.25, -0.2) is 13.6 Å². The summed E-state index contributed by atoms with van der Waals surface area (Å²) in [5.74, 6) is -4.05. The summed E-state index contributed by atoms with van der Waals surface area (Å²) in [5.41, 5.74) is -1.09. The maximum atomic E-state index is 13.6. The van der Waals surface area contributed by atoms with E-state index in [0.717, 1.165) is 6.07 Å². The summed E-state index contributed by atoms with van der Waals surface area (Å²) in [7, 11) is 0. The average molecular weight is 446 g/mol. The zero-order chi connectivity index (χ0) is 22.6. The summed E-state index contributed by atoms with van der Waals surface area (Å²) in [6.45, 7) is -0.423. The summed E-state index contributed by atoms with van der Waals surface area (Å²) in [4.78, 5) is 24.6. The molecule has 4 rings (SSSR count). The quantitative estimate of drug-likeness (QED) is 0.674. The average Bonchev–Trinajstić information content (AvgIpc) is 3.36. The van der Waals surface area contributed by atoms with Crippen LogP contribution in [0.25, 0.3) is 11.0 Å². The lowest BCUT2D eigenvalue weighted by Crippen LogP contribution is -2.43. The Morgan fingerprint density at radius 1 is 1.19 bits per heavy atom. The highest BCUT2D eigenvalue weighted by Gasteiger charge is 2.48. The molecule has 1 saturated heterocycles. The van der Waals surface area contributed by atoms with E-state index in [1.165, 1.54) is 17.0 Å². The molecular weight excluding hydrogens is 427 g/mol. The van der Waals surface area contributed by atoms with Crippen LogP contribution in [-0.4, -0.2) is 41.0 Å². The van der Waals surface area contributed by atoms with Gasteiger partial charge >= 0.3 is 12.3 Å². The monoisotopic (exact) mass is 446 g/mol. The molecule has 0 bridgehead atoms. The third-order valence-corrected chi connectivity index (χ3v) is 5.75. The largest absolute Gasteiger partial charge is 0.465 e. The third-order valence-electron chi connectivity index (χ3n) is 5.75. The summed E-state index contributed by atoms with van der Waals surface area (Å²) >= 11 is 0. The fourth-order valence-corrected chi connectivity index (χ4v) is 4.03. The molecule has 168 valence electrons. The molecule has 2 heterocycles. The lowest BCUT2D eigenvalue weighted by atomic mass is 10.0. The first-order chi connectivity index (χ1) is 14.4. The van der Waals surface area contributed by atoms with Crippen molar-refractivity contribution in [2.24, 2.45) is 5.92 Å². The van der Waals surface area contributed by atoms with E-state index in [0.29, 0.717) is 12.0 Å². The maximum Gasteiger partial charge on any atom is 0.420 e. The Morgan fingerprint density at radius 2 is 1.87 bits per heavy atom. The number of rotatable bonds is 4. The fraction of sp³-hybridized carbons (Fsp3) is 0.500. The Hall–Kier alpha value is -2.85. The van der Waals surface area contributed by atoms with Crippen LogP contribution >= 0.6 is 0 Å². The van der Waals surface area contributed by atoms with Crippen molar-refractivity contribution in [2.75, 3.05) is 13.1 Å². The minimum atomic E-state index is -4.71. The Balaban J connectivity index is 1.57. The number of benzene rings is 1. The number of nitrogens with one attached hydrogen (secondary N) is 1. The minimum Gasteiger partial charge on any atom is -0.465 e. The van der Waals surface area contributed by atoms with Crippen molar-refractivity contribution in [2.45, 2.75) is 43.8 Å². The normalized spacial score (nSPS) is 23.1. The first-order valence-corrected chi connectivity index (χ1v) is 9.71. The van der Waals surface area contributed by atoms with Crippen LogP contribution in [0.15, 0.2) is 22.6 Å². The van der Waals surface area contributed by atoms with E-state index in [4.69, 9.17) is 9.52 Å². The number of hydrogen-bond acceptors (Lipinski definition) is 3. The summed E-state index contributed by atoms with van der Waals surface area (Å²) in [6.07, 6.45) is -6.53. The molecule has 11 heteroatoms. The van der Waals surface area contributed by atoms with Crippen LogP contribution in [-0.2, 0) is 17.5 Å². The van der Waals surface area contributed by atoms with Crippen molar-refractivity contribution in [3.63, 3.8) is 0 Å². The van der Waals surface area contributed by atoms with Gasteiger partial charge in [0, 0.05) is 37.2 Å². The molecule has 1 aliphatic carbocycles. The number of hydrogen-bond donors (Lipinski definition) is 2. The van der Waals surface area contributed by atoms with E-state index in [1.807, 2.05) is 5.32 Å². The number of alkyl halides is 5. The number of halogens is 5. The molecule has 1 aliphatic heterocycles. The van der Waals surface area contributed by atoms with E-state index in [2.05, 4.69) is 0 Å². The predicted octanol–water partition coefficient (Wildman–Crippen LogP) is 4.58. The summed E-state index contributed by atoms with van der Waals surface area (Å²) < 4.78 is 72.7. The van der Waals surface area contributed by atoms with Crippen molar-refractivity contribution < 1.29 is 41.1 Å². The number of furan rings is 1. The van der Waals surface area contributed by atoms with E-state index in [9.17, 15) is 31.5 Å². The molecule has 2 amide bonds. The van der Waals surface area contributed by atoms with E-state index in [1.54, 1.807) is 0 Å².